The molecule has 0 saturated carbocycles. The van der Waals surface area contributed by atoms with Gasteiger partial charge in [0.25, 0.3) is 5.92 Å². The molecule has 12 heavy (non-hydrogen) atoms. The van der Waals surface area contributed by atoms with E-state index in [1.54, 1.807) is 18.2 Å². The van der Waals surface area contributed by atoms with E-state index >= 15 is 0 Å². The monoisotopic (exact) mass is 232 g/mol. The summed E-state index contributed by atoms with van der Waals surface area (Å²) in [5.74, 6) is -2.70. The summed E-state index contributed by atoms with van der Waals surface area (Å²) in [6.07, 6.45) is 0.420. The molecule has 0 spiro atoms. The van der Waals surface area contributed by atoms with Crippen LogP contribution in [0.2, 0.25) is 0 Å². The summed E-state index contributed by atoms with van der Waals surface area (Å²) in [7, 11) is 0. The number of rotatable bonds is 0. The van der Waals surface area contributed by atoms with E-state index < -0.39 is 10.7 Å². The second-order valence-electron chi connectivity index (χ2n) is 2.95. The SMILES string of the molecule is FC1(F)c2ccccc2C[C@@H]1Br. The van der Waals surface area contributed by atoms with Crippen molar-refractivity contribution in [3.05, 3.63) is 35.4 Å². The Kier molecular flexibility index (Phi) is 1.72. The number of hydrogen-bond acceptors (Lipinski definition) is 0. The van der Waals surface area contributed by atoms with Crippen molar-refractivity contribution in [2.24, 2.45) is 0 Å². The lowest BCUT2D eigenvalue weighted by Gasteiger charge is -2.13. The van der Waals surface area contributed by atoms with Gasteiger partial charge in [0, 0.05) is 5.56 Å². The molecule has 1 atom stereocenters. The highest BCUT2D eigenvalue weighted by atomic mass is 79.9. The number of fused-ring (bicyclic) bond motifs is 1. The van der Waals surface area contributed by atoms with Crippen molar-refractivity contribution in [1.82, 2.24) is 0 Å². The zero-order valence-corrected chi connectivity index (χ0v) is 7.81. The zero-order valence-electron chi connectivity index (χ0n) is 6.23. The normalized spacial score (nSPS) is 25.4. The minimum Gasteiger partial charge on any atom is -0.200 e. The van der Waals surface area contributed by atoms with Gasteiger partial charge in [-0.1, -0.05) is 40.2 Å². The van der Waals surface area contributed by atoms with E-state index in [9.17, 15) is 8.78 Å². The maximum Gasteiger partial charge on any atom is 0.286 e. The number of halogens is 3. The van der Waals surface area contributed by atoms with Gasteiger partial charge in [-0.25, -0.2) is 8.78 Å². The van der Waals surface area contributed by atoms with E-state index in [0.29, 0.717) is 6.42 Å². The summed E-state index contributed by atoms with van der Waals surface area (Å²) >= 11 is 2.99. The highest BCUT2D eigenvalue weighted by Crippen LogP contribution is 2.45. The van der Waals surface area contributed by atoms with Crippen LogP contribution in [0.5, 0.6) is 0 Å². The number of alkyl halides is 3. The van der Waals surface area contributed by atoms with Crippen LogP contribution in [0.3, 0.4) is 0 Å². The van der Waals surface area contributed by atoms with Gasteiger partial charge in [0.2, 0.25) is 0 Å². The summed E-state index contributed by atoms with van der Waals surface area (Å²) in [6.45, 7) is 0. The van der Waals surface area contributed by atoms with E-state index in [1.165, 1.54) is 6.07 Å². The minimum atomic E-state index is -2.70. The van der Waals surface area contributed by atoms with Crippen molar-refractivity contribution in [2.75, 3.05) is 0 Å². The quantitative estimate of drug-likeness (QED) is 0.604. The van der Waals surface area contributed by atoms with Crippen molar-refractivity contribution in [1.29, 1.82) is 0 Å². The van der Waals surface area contributed by atoms with Gasteiger partial charge in [0.15, 0.2) is 0 Å². The Morgan fingerprint density at radius 1 is 1.33 bits per heavy atom. The molecular weight excluding hydrogens is 226 g/mol. The van der Waals surface area contributed by atoms with E-state index in [1.807, 2.05) is 0 Å². The molecule has 0 N–H and O–H groups in total. The molecule has 64 valence electrons. The Bertz CT molecular complexity index is 309. The highest BCUT2D eigenvalue weighted by molar-refractivity contribution is 9.09. The molecule has 0 fully saturated rings. The molecule has 1 aliphatic rings. The second-order valence-corrected chi connectivity index (χ2v) is 4.06. The molecule has 0 amide bonds. The molecule has 1 aromatic rings. The fraction of sp³-hybridized carbons (Fsp3) is 0.333. The lowest BCUT2D eigenvalue weighted by Crippen LogP contribution is -2.20. The Morgan fingerprint density at radius 2 is 2.00 bits per heavy atom. The Hall–Kier alpha value is -0.440. The van der Waals surface area contributed by atoms with Crippen LogP contribution in [0.25, 0.3) is 0 Å². The number of hydrogen-bond donors (Lipinski definition) is 0. The van der Waals surface area contributed by atoms with Crippen LogP contribution >= 0.6 is 15.9 Å². The van der Waals surface area contributed by atoms with Gasteiger partial charge in [-0.15, -0.1) is 0 Å². The fourth-order valence-corrected chi connectivity index (χ4v) is 2.11. The molecule has 0 saturated heterocycles. The highest BCUT2D eigenvalue weighted by Gasteiger charge is 2.46. The molecule has 0 nitrogen and oxygen atoms in total. The first kappa shape index (κ1) is 8.17. The van der Waals surface area contributed by atoms with Gasteiger partial charge < -0.3 is 0 Å². The van der Waals surface area contributed by atoms with Gasteiger partial charge in [0.05, 0.1) is 4.83 Å². The first-order valence-electron chi connectivity index (χ1n) is 3.72. The first-order chi connectivity index (χ1) is 5.62. The lowest BCUT2D eigenvalue weighted by molar-refractivity contribution is 0.00633. The van der Waals surface area contributed by atoms with Crippen LogP contribution in [-0.2, 0) is 12.3 Å². The molecule has 1 aliphatic carbocycles. The molecule has 2 rings (SSSR count). The number of benzene rings is 1. The van der Waals surface area contributed by atoms with E-state index in [2.05, 4.69) is 15.9 Å². The predicted molar refractivity (Wildman–Crippen MR) is 46.8 cm³/mol. The standard InChI is InChI=1S/C9H7BrF2/c10-8-5-6-3-1-2-4-7(6)9(8,11)12/h1-4,8H,5H2/t8-/m0/s1. The average Bonchev–Trinajstić information content (AvgIpc) is 2.25. The maximum absolute atomic E-state index is 13.3. The van der Waals surface area contributed by atoms with Crippen LogP contribution < -0.4 is 0 Å². The maximum atomic E-state index is 13.3. The molecule has 3 heteroatoms. The lowest BCUT2D eigenvalue weighted by atomic mass is 10.1. The van der Waals surface area contributed by atoms with Crippen LogP contribution in [0.15, 0.2) is 24.3 Å². The summed E-state index contributed by atoms with van der Waals surface area (Å²) in [6, 6.07) is 6.69. The molecule has 0 radical (unpaired) electrons. The van der Waals surface area contributed by atoms with Crippen molar-refractivity contribution in [3.63, 3.8) is 0 Å². The third kappa shape index (κ3) is 0.993. The molecular formula is C9H7BrF2. The van der Waals surface area contributed by atoms with Crippen molar-refractivity contribution < 1.29 is 8.78 Å². The Morgan fingerprint density at radius 3 is 2.67 bits per heavy atom. The summed E-state index contributed by atoms with van der Waals surface area (Å²) < 4.78 is 26.6. The average molecular weight is 233 g/mol. The van der Waals surface area contributed by atoms with Crippen LogP contribution in [-0.4, -0.2) is 4.83 Å². The molecule has 0 bridgehead atoms. The van der Waals surface area contributed by atoms with Crippen molar-refractivity contribution in [3.8, 4) is 0 Å². The third-order valence-corrected chi connectivity index (χ3v) is 3.07. The van der Waals surface area contributed by atoms with E-state index in [4.69, 9.17) is 0 Å². The van der Waals surface area contributed by atoms with Crippen molar-refractivity contribution in [2.45, 2.75) is 17.2 Å². The zero-order chi connectivity index (χ0) is 8.77. The van der Waals surface area contributed by atoms with Crippen LogP contribution in [0.4, 0.5) is 8.78 Å². The van der Waals surface area contributed by atoms with Crippen LogP contribution in [0.1, 0.15) is 11.1 Å². The first-order valence-corrected chi connectivity index (χ1v) is 4.64. The van der Waals surface area contributed by atoms with E-state index in [0.717, 1.165) is 5.56 Å². The van der Waals surface area contributed by atoms with Crippen LogP contribution in [0, 0.1) is 0 Å². The van der Waals surface area contributed by atoms with Gasteiger partial charge >= 0.3 is 0 Å². The van der Waals surface area contributed by atoms with Gasteiger partial charge in [-0.05, 0) is 12.0 Å². The summed E-state index contributed by atoms with van der Waals surface area (Å²) in [5.41, 5.74) is 0.927. The summed E-state index contributed by atoms with van der Waals surface area (Å²) in [5, 5.41) is 0. The smallest absolute Gasteiger partial charge is 0.200 e. The van der Waals surface area contributed by atoms with Gasteiger partial charge in [0.1, 0.15) is 0 Å². The topological polar surface area (TPSA) is 0 Å². The predicted octanol–water partition coefficient (Wildman–Crippen LogP) is 3.10. The summed E-state index contributed by atoms with van der Waals surface area (Å²) in [4.78, 5) is -0.734. The van der Waals surface area contributed by atoms with Crippen molar-refractivity contribution >= 4 is 15.9 Å². The molecule has 0 heterocycles. The van der Waals surface area contributed by atoms with E-state index in [-0.39, 0.29) is 5.56 Å². The molecule has 0 unspecified atom stereocenters. The van der Waals surface area contributed by atoms with Gasteiger partial charge in [-0.2, -0.15) is 0 Å². The second kappa shape index (κ2) is 2.52. The molecule has 0 aliphatic heterocycles. The largest absolute Gasteiger partial charge is 0.286 e. The Labute approximate surface area is 77.7 Å². The molecule has 1 aromatic carbocycles. The molecule has 0 aromatic heterocycles. The minimum absolute atomic E-state index is 0.173. The third-order valence-electron chi connectivity index (χ3n) is 2.17. The van der Waals surface area contributed by atoms with Gasteiger partial charge in [-0.3, -0.25) is 0 Å². The fourth-order valence-electron chi connectivity index (χ4n) is 1.51. The Balaban J connectivity index is 2.55.